The molecule has 0 amide bonds. The zero-order chi connectivity index (χ0) is 17.4. The van der Waals surface area contributed by atoms with E-state index in [1.165, 1.54) is 0 Å². The van der Waals surface area contributed by atoms with Crippen LogP contribution >= 0.6 is 35.3 Å². The maximum absolute atomic E-state index is 5.89. The molecule has 1 heterocycles. The highest BCUT2D eigenvalue weighted by molar-refractivity contribution is 14.0. The van der Waals surface area contributed by atoms with Crippen LogP contribution in [-0.4, -0.2) is 38.3 Å². The molecule has 0 bridgehead atoms. The Hall–Kier alpha value is -1.55. The second-order valence-corrected chi connectivity index (χ2v) is 6.30. The van der Waals surface area contributed by atoms with Gasteiger partial charge in [-0.1, -0.05) is 6.07 Å². The highest BCUT2D eigenvalue weighted by Gasteiger charge is 2.04. The van der Waals surface area contributed by atoms with E-state index in [9.17, 15) is 0 Å². The fourth-order valence-electron chi connectivity index (χ4n) is 2.24. The largest absolute Gasteiger partial charge is 0.493 e. The first-order chi connectivity index (χ1) is 11.6. The maximum Gasteiger partial charge on any atom is 0.188 e. The molecule has 3 N–H and O–H groups in total. The molecule has 6 nitrogen and oxygen atoms in total. The fourth-order valence-corrected chi connectivity index (χ4v) is 2.89. The molecule has 0 aliphatic carbocycles. The van der Waals surface area contributed by atoms with Crippen LogP contribution in [0.5, 0.6) is 11.5 Å². The Morgan fingerprint density at radius 1 is 1.24 bits per heavy atom. The lowest BCUT2D eigenvalue weighted by Gasteiger charge is -2.10. The van der Waals surface area contributed by atoms with Crippen molar-refractivity contribution >= 4 is 41.3 Å². The molecule has 0 unspecified atom stereocenters. The summed E-state index contributed by atoms with van der Waals surface area (Å²) in [4.78, 5) is 8.73. The smallest absolute Gasteiger partial charge is 0.188 e. The predicted octanol–water partition coefficient (Wildman–Crippen LogP) is 2.78. The number of aliphatic imine (C=N–C) groups is 1. The van der Waals surface area contributed by atoms with Crippen LogP contribution in [0, 0.1) is 6.92 Å². The Labute approximate surface area is 169 Å². The van der Waals surface area contributed by atoms with Crippen molar-refractivity contribution in [2.45, 2.75) is 19.8 Å². The molecule has 0 aliphatic heterocycles. The van der Waals surface area contributed by atoms with Crippen molar-refractivity contribution < 1.29 is 9.47 Å². The first-order valence-corrected chi connectivity index (χ1v) is 8.66. The number of benzene rings is 1. The molecule has 0 aliphatic rings. The van der Waals surface area contributed by atoms with Crippen LogP contribution in [0.15, 0.2) is 28.6 Å². The molecule has 0 saturated carbocycles. The van der Waals surface area contributed by atoms with E-state index in [2.05, 4.69) is 20.7 Å². The number of thiazole rings is 1. The lowest BCUT2D eigenvalue weighted by molar-refractivity contribution is 0.354. The first-order valence-electron chi connectivity index (χ1n) is 7.78. The van der Waals surface area contributed by atoms with Gasteiger partial charge in [-0.25, -0.2) is 4.98 Å². The number of aromatic nitrogens is 1. The minimum atomic E-state index is 0. The summed E-state index contributed by atoms with van der Waals surface area (Å²) in [6, 6.07) is 5.89. The number of nitrogens with one attached hydrogen (secondary N) is 1. The summed E-state index contributed by atoms with van der Waals surface area (Å²) in [7, 11) is 3.26. The molecule has 8 heteroatoms. The zero-order valence-corrected chi connectivity index (χ0v) is 17.9. The van der Waals surface area contributed by atoms with Crippen molar-refractivity contribution in [2.75, 3.05) is 27.3 Å². The lowest BCUT2D eigenvalue weighted by atomic mass is 10.1. The van der Waals surface area contributed by atoms with Crippen LogP contribution in [0.1, 0.15) is 16.3 Å². The van der Waals surface area contributed by atoms with Crippen molar-refractivity contribution in [1.82, 2.24) is 10.3 Å². The van der Waals surface area contributed by atoms with Gasteiger partial charge >= 0.3 is 0 Å². The molecule has 0 fully saturated rings. The summed E-state index contributed by atoms with van der Waals surface area (Å²) in [6.07, 6.45) is 1.63. The predicted molar refractivity (Wildman–Crippen MR) is 114 cm³/mol. The first kappa shape index (κ1) is 21.5. The van der Waals surface area contributed by atoms with E-state index in [1.54, 1.807) is 25.6 Å². The number of nitrogens with zero attached hydrogens (tertiary/aromatic N) is 2. The van der Waals surface area contributed by atoms with Crippen LogP contribution in [0.2, 0.25) is 0 Å². The molecule has 2 aromatic rings. The van der Waals surface area contributed by atoms with Gasteiger partial charge in [0.25, 0.3) is 0 Å². The Morgan fingerprint density at radius 3 is 2.64 bits per heavy atom. The van der Waals surface area contributed by atoms with Gasteiger partial charge in [-0.05, 0) is 31.0 Å². The number of ether oxygens (including phenoxy) is 2. The van der Waals surface area contributed by atoms with Gasteiger partial charge in [0.2, 0.25) is 0 Å². The molecule has 0 radical (unpaired) electrons. The summed E-state index contributed by atoms with van der Waals surface area (Å²) in [5.41, 5.74) is 8.10. The fraction of sp³-hybridized carbons (Fsp3) is 0.412. The minimum Gasteiger partial charge on any atom is -0.493 e. The Balaban J connectivity index is 0.00000312. The summed E-state index contributed by atoms with van der Waals surface area (Å²) >= 11 is 1.65. The SMILES string of the molecule is COc1ccc(CCNC(N)=NCCc2csc(C)n2)cc1OC.I. The number of hydrogen-bond acceptors (Lipinski definition) is 5. The van der Waals surface area contributed by atoms with E-state index in [0.717, 1.165) is 40.6 Å². The van der Waals surface area contributed by atoms with Crippen LogP contribution in [0.25, 0.3) is 0 Å². The molecule has 2 rings (SSSR count). The standard InChI is InChI=1S/C17H24N4O2S.HI/c1-12-21-14(11-24-12)7-9-20-17(18)19-8-6-13-4-5-15(22-2)16(10-13)23-3;/h4-5,10-11H,6-9H2,1-3H3,(H3,18,19,20);1H. The van der Waals surface area contributed by atoms with Gasteiger partial charge in [0.05, 0.1) is 24.9 Å². The third-order valence-electron chi connectivity index (χ3n) is 3.48. The third kappa shape index (κ3) is 7.07. The van der Waals surface area contributed by atoms with E-state index >= 15 is 0 Å². The number of aryl methyl sites for hydroxylation is 1. The molecule has 0 atom stereocenters. The molecular weight excluding hydrogens is 451 g/mol. The van der Waals surface area contributed by atoms with E-state index in [4.69, 9.17) is 15.2 Å². The molecule has 1 aromatic carbocycles. The summed E-state index contributed by atoms with van der Waals surface area (Å²) in [6.45, 7) is 3.35. The van der Waals surface area contributed by atoms with E-state index in [-0.39, 0.29) is 24.0 Å². The van der Waals surface area contributed by atoms with Crippen LogP contribution in [-0.2, 0) is 12.8 Å². The number of hydrogen-bond donors (Lipinski definition) is 2. The average Bonchev–Trinajstić information content (AvgIpc) is 3.00. The maximum atomic E-state index is 5.89. The third-order valence-corrected chi connectivity index (χ3v) is 4.31. The molecular formula is C17H25IN4O2S. The lowest BCUT2D eigenvalue weighted by Crippen LogP contribution is -2.33. The van der Waals surface area contributed by atoms with Gasteiger partial charge in [-0.15, -0.1) is 35.3 Å². The van der Waals surface area contributed by atoms with Crippen LogP contribution in [0.4, 0.5) is 0 Å². The Morgan fingerprint density at radius 2 is 2.00 bits per heavy atom. The van der Waals surface area contributed by atoms with Crippen LogP contribution < -0.4 is 20.5 Å². The number of rotatable bonds is 8. The van der Waals surface area contributed by atoms with Crippen molar-refractivity contribution in [3.05, 3.63) is 39.8 Å². The van der Waals surface area contributed by atoms with E-state index in [0.29, 0.717) is 19.0 Å². The number of guanidine groups is 1. The van der Waals surface area contributed by atoms with E-state index in [1.807, 2.05) is 25.1 Å². The summed E-state index contributed by atoms with van der Waals surface area (Å²) in [5.74, 6) is 1.92. The molecule has 0 spiro atoms. The summed E-state index contributed by atoms with van der Waals surface area (Å²) < 4.78 is 10.5. The highest BCUT2D eigenvalue weighted by Crippen LogP contribution is 2.27. The number of methoxy groups -OCH3 is 2. The highest BCUT2D eigenvalue weighted by atomic mass is 127. The van der Waals surface area contributed by atoms with Crippen molar-refractivity contribution in [3.63, 3.8) is 0 Å². The minimum absolute atomic E-state index is 0. The van der Waals surface area contributed by atoms with Gasteiger partial charge < -0.3 is 20.5 Å². The molecule has 0 saturated heterocycles. The Bertz CT molecular complexity index is 691. The monoisotopic (exact) mass is 476 g/mol. The number of halogens is 1. The van der Waals surface area contributed by atoms with Gasteiger partial charge in [0.15, 0.2) is 17.5 Å². The van der Waals surface area contributed by atoms with Gasteiger partial charge in [-0.3, -0.25) is 4.99 Å². The molecule has 1 aromatic heterocycles. The van der Waals surface area contributed by atoms with Gasteiger partial charge in [0.1, 0.15) is 0 Å². The summed E-state index contributed by atoms with van der Waals surface area (Å²) in [5, 5.41) is 6.27. The van der Waals surface area contributed by atoms with E-state index < -0.39 is 0 Å². The zero-order valence-electron chi connectivity index (χ0n) is 14.7. The molecule has 138 valence electrons. The van der Waals surface area contributed by atoms with Crippen molar-refractivity contribution in [2.24, 2.45) is 10.7 Å². The molecule has 25 heavy (non-hydrogen) atoms. The quantitative estimate of drug-likeness (QED) is 0.348. The topological polar surface area (TPSA) is 81.8 Å². The second kappa shape index (κ2) is 11.1. The van der Waals surface area contributed by atoms with Crippen molar-refractivity contribution in [3.8, 4) is 11.5 Å². The average molecular weight is 476 g/mol. The normalized spacial score (nSPS) is 10.9. The second-order valence-electron chi connectivity index (χ2n) is 5.24. The van der Waals surface area contributed by atoms with Crippen molar-refractivity contribution in [1.29, 1.82) is 0 Å². The van der Waals surface area contributed by atoms with Gasteiger partial charge in [0, 0.05) is 24.9 Å². The Kier molecular flexibility index (Phi) is 9.58. The van der Waals surface area contributed by atoms with Gasteiger partial charge in [-0.2, -0.15) is 0 Å². The number of nitrogens with two attached hydrogens (primary N) is 1. The van der Waals surface area contributed by atoms with Crippen LogP contribution in [0.3, 0.4) is 0 Å².